The molecule has 1 rings (SSSR count). The highest BCUT2D eigenvalue weighted by molar-refractivity contribution is 5.26. The fraction of sp³-hybridized carbons (Fsp3) is 0.571. The summed E-state index contributed by atoms with van der Waals surface area (Å²) in [4.78, 5) is 0. The molecular weight excluding hydrogens is 231 g/mol. The van der Waals surface area contributed by atoms with Crippen molar-refractivity contribution in [2.45, 2.75) is 45.8 Å². The van der Waals surface area contributed by atoms with Gasteiger partial charge in [0.05, 0.1) is 12.1 Å². The van der Waals surface area contributed by atoms with Crippen molar-refractivity contribution in [3.63, 3.8) is 0 Å². The molecule has 2 atom stereocenters. The Labute approximate surface area is 108 Å². The van der Waals surface area contributed by atoms with Gasteiger partial charge < -0.3 is 4.74 Å². The van der Waals surface area contributed by atoms with Crippen molar-refractivity contribution in [2.24, 2.45) is 5.84 Å². The standard InChI is InChI=1S/C14H23FN2O/c1-4-6-13(18-5-2)14(17-16)11-8-7-10(3)12(15)9-11/h7-9,13-14,17H,4-6,16H2,1-3H3. The molecule has 0 bridgehead atoms. The summed E-state index contributed by atoms with van der Waals surface area (Å²) in [6, 6.07) is 5.01. The van der Waals surface area contributed by atoms with E-state index in [-0.39, 0.29) is 18.0 Å². The van der Waals surface area contributed by atoms with Gasteiger partial charge in [0.25, 0.3) is 0 Å². The molecule has 0 amide bonds. The number of rotatable bonds is 7. The Kier molecular flexibility index (Phi) is 6.25. The van der Waals surface area contributed by atoms with Crippen molar-refractivity contribution in [3.8, 4) is 0 Å². The van der Waals surface area contributed by atoms with Crippen LogP contribution in [0.3, 0.4) is 0 Å². The van der Waals surface area contributed by atoms with Crippen molar-refractivity contribution in [2.75, 3.05) is 6.61 Å². The first kappa shape index (κ1) is 15.1. The zero-order valence-corrected chi connectivity index (χ0v) is 11.4. The van der Waals surface area contributed by atoms with Gasteiger partial charge in [-0.3, -0.25) is 11.3 Å². The second-order valence-electron chi connectivity index (χ2n) is 4.44. The van der Waals surface area contributed by atoms with Crippen molar-refractivity contribution in [1.29, 1.82) is 0 Å². The van der Waals surface area contributed by atoms with Crippen LogP contribution in [0.4, 0.5) is 4.39 Å². The molecule has 0 aliphatic heterocycles. The van der Waals surface area contributed by atoms with E-state index in [2.05, 4.69) is 12.3 Å². The summed E-state index contributed by atoms with van der Waals surface area (Å²) in [5.74, 6) is 5.39. The maximum absolute atomic E-state index is 13.6. The van der Waals surface area contributed by atoms with Crippen LogP contribution in [0.2, 0.25) is 0 Å². The number of hydrogen-bond acceptors (Lipinski definition) is 3. The molecule has 0 fully saturated rings. The van der Waals surface area contributed by atoms with Gasteiger partial charge in [-0.2, -0.15) is 0 Å². The molecule has 3 N–H and O–H groups in total. The molecule has 1 aromatic carbocycles. The van der Waals surface area contributed by atoms with E-state index >= 15 is 0 Å². The van der Waals surface area contributed by atoms with Gasteiger partial charge >= 0.3 is 0 Å². The molecule has 4 heteroatoms. The number of halogens is 1. The van der Waals surface area contributed by atoms with E-state index < -0.39 is 0 Å². The van der Waals surface area contributed by atoms with Crippen LogP contribution < -0.4 is 11.3 Å². The van der Waals surface area contributed by atoms with Crippen molar-refractivity contribution in [1.82, 2.24) is 5.43 Å². The minimum absolute atomic E-state index is 0.0351. The quantitative estimate of drug-likeness (QED) is 0.581. The van der Waals surface area contributed by atoms with Crippen molar-refractivity contribution < 1.29 is 9.13 Å². The average molecular weight is 254 g/mol. The Hall–Kier alpha value is -0.970. The van der Waals surface area contributed by atoms with Gasteiger partial charge in [0.15, 0.2) is 0 Å². The second-order valence-corrected chi connectivity index (χ2v) is 4.44. The van der Waals surface area contributed by atoms with Gasteiger partial charge in [-0.25, -0.2) is 4.39 Å². The minimum Gasteiger partial charge on any atom is -0.376 e. The third-order valence-electron chi connectivity index (χ3n) is 3.06. The van der Waals surface area contributed by atoms with E-state index in [9.17, 15) is 4.39 Å². The Balaban J connectivity index is 2.94. The topological polar surface area (TPSA) is 47.3 Å². The molecule has 0 aliphatic carbocycles. The van der Waals surface area contributed by atoms with Gasteiger partial charge in [0, 0.05) is 6.61 Å². The number of benzene rings is 1. The first-order valence-corrected chi connectivity index (χ1v) is 6.47. The molecule has 2 unspecified atom stereocenters. The zero-order valence-electron chi connectivity index (χ0n) is 11.4. The predicted octanol–water partition coefficient (Wildman–Crippen LogP) is 2.84. The summed E-state index contributed by atoms with van der Waals surface area (Å²) >= 11 is 0. The van der Waals surface area contributed by atoms with Crippen LogP contribution in [-0.4, -0.2) is 12.7 Å². The molecule has 0 saturated heterocycles. The van der Waals surface area contributed by atoms with Crippen molar-refractivity contribution >= 4 is 0 Å². The average Bonchev–Trinajstić information content (AvgIpc) is 2.35. The van der Waals surface area contributed by atoms with Crippen molar-refractivity contribution in [3.05, 3.63) is 35.1 Å². The minimum atomic E-state index is -0.209. The summed E-state index contributed by atoms with van der Waals surface area (Å²) in [6.45, 7) is 6.41. The highest BCUT2D eigenvalue weighted by Gasteiger charge is 2.22. The third kappa shape index (κ3) is 3.77. The van der Waals surface area contributed by atoms with Crippen LogP contribution in [0.5, 0.6) is 0 Å². The SMILES string of the molecule is CCCC(OCC)C(NN)c1ccc(C)c(F)c1. The van der Waals surface area contributed by atoms with Crippen LogP contribution >= 0.6 is 0 Å². The molecule has 0 saturated carbocycles. The van der Waals surface area contributed by atoms with E-state index in [1.807, 2.05) is 13.0 Å². The first-order valence-electron chi connectivity index (χ1n) is 6.47. The number of ether oxygens (including phenoxy) is 1. The van der Waals surface area contributed by atoms with E-state index in [1.54, 1.807) is 13.0 Å². The summed E-state index contributed by atoms with van der Waals surface area (Å²) in [5.41, 5.74) is 4.21. The molecule has 102 valence electrons. The predicted molar refractivity (Wildman–Crippen MR) is 71.5 cm³/mol. The number of nitrogens with two attached hydrogens (primary N) is 1. The number of hydrogen-bond donors (Lipinski definition) is 2. The van der Waals surface area contributed by atoms with Gasteiger partial charge in [-0.15, -0.1) is 0 Å². The van der Waals surface area contributed by atoms with Crippen LogP contribution in [-0.2, 0) is 4.74 Å². The molecule has 0 heterocycles. The molecule has 0 spiro atoms. The van der Waals surface area contributed by atoms with Crippen LogP contribution in [0.1, 0.15) is 43.9 Å². The molecule has 3 nitrogen and oxygen atoms in total. The Morgan fingerprint density at radius 3 is 2.61 bits per heavy atom. The molecule has 1 aromatic rings. The molecule has 0 aliphatic rings. The molecular formula is C14H23FN2O. The fourth-order valence-corrected chi connectivity index (χ4v) is 2.07. The number of nitrogens with one attached hydrogen (secondary N) is 1. The molecule has 0 radical (unpaired) electrons. The zero-order chi connectivity index (χ0) is 13.5. The fourth-order valence-electron chi connectivity index (χ4n) is 2.07. The van der Waals surface area contributed by atoms with Crippen LogP contribution in [0.15, 0.2) is 18.2 Å². The van der Waals surface area contributed by atoms with Gasteiger partial charge in [0.2, 0.25) is 0 Å². The summed E-state index contributed by atoms with van der Waals surface area (Å²) in [7, 11) is 0. The third-order valence-corrected chi connectivity index (χ3v) is 3.06. The lowest BCUT2D eigenvalue weighted by Crippen LogP contribution is -2.38. The lowest BCUT2D eigenvalue weighted by molar-refractivity contribution is 0.0275. The first-order chi connectivity index (χ1) is 8.63. The lowest BCUT2D eigenvalue weighted by Gasteiger charge is -2.26. The van der Waals surface area contributed by atoms with Crippen LogP contribution in [0, 0.1) is 12.7 Å². The maximum atomic E-state index is 13.6. The van der Waals surface area contributed by atoms with E-state index in [4.69, 9.17) is 10.6 Å². The van der Waals surface area contributed by atoms with Gasteiger partial charge in [-0.1, -0.05) is 25.5 Å². The molecule has 18 heavy (non-hydrogen) atoms. The normalized spacial score (nSPS) is 14.5. The maximum Gasteiger partial charge on any atom is 0.126 e. The monoisotopic (exact) mass is 254 g/mol. The van der Waals surface area contributed by atoms with Crippen LogP contribution in [0.25, 0.3) is 0 Å². The Morgan fingerprint density at radius 1 is 1.39 bits per heavy atom. The van der Waals surface area contributed by atoms with E-state index in [0.29, 0.717) is 12.2 Å². The summed E-state index contributed by atoms with van der Waals surface area (Å²) in [6.07, 6.45) is 1.85. The second kappa shape index (κ2) is 7.46. The largest absolute Gasteiger partial charge is 0.376 e. The van der Waals surface area contributed by atoms with Gasteiger partial charge in [-0.05, 0) is 37.5 Å². The highest BCUT2D eigenvalue weighted by atomic mass is 19.1. The van der Waals surface area contributed by atoms with E-state index in [0.717, 1.165) is 18.4 Å². The number of hydrazine groups is 1. The summed E-state index contributed by atoms with van der Waals surface area (Å²) < 4.78 is 19.3. The van der Waals surface area contributed by atoms with Gasteiger partial charge in [0.1, 0.15) is 5.82 Å². The smallest absolute Gasteiger partial charge is 0.126 e. The lowest BCUT2D eigenvalue weighted by atomic mass is 9.97. The Morgan fingerprint density at radius 2 is 2.11 bits per heavy atom. The Bertz CT molecular complexity index is 365. The highest BCUT2D eigenvalue weighted by Crippen LogP contribution is 2.23. The number of aryl methyl sites for hydroxylation is 1. The molecule has 0 aromatic heterocycles. The summed E-state index contributed by atoms with van der Waals surface area (Å²) in [5, 5.41) is 0. The van der Waals surface area contributed by atoms with E-state index in [1.165, 1.54) is 6.07 Å².